The highest BCUT2D eigenvalue weighted by Crippen LogP contribution is 2.35. The predicted molar refractivity (Wildman–Crippen MR) is 118 cm³/mol. The smallest absolute Gasteiger partial charge is 0.397 e. The molecule has 0 amide bonds. The quantitative estimate of drug-likeness (QED) is 0.156. The molecule has 0 saturated carbocycles. The summed E-state index contributed by atoms with van der Waals surface area (Å²) >= 11 is 0. The third kappa shape index (κ3) is 5.29. The van der Waals surface area contributed by atoms with Gasteiger partial charge in [-0.25, -0.2) is 8.98 Å². The van der Waals surface area contributed by atoms with Crippen molar-refractivity contribution in [3.05, 3.63) is 46.6 Å². The number of aromatic hydroxyl groups is 3. The Morgan fingerprint density at radius 3 is 2.27 bits per heavy atom. The fourth-order valence-electron chi connectivity index (χ4n) is 3.65. The average Bonchev–Trinajstić information content (AvgIpc) is 2.79. The summed E-state index contributed by atoms with van der Waals surface area (Å²) in [6, 6.07) is 6.60. The third-order valence-electron chi connectivity index (χ3n) is 5.32. The molecule has 37 heavy (non-hydrogen) atoms. The van der Waals surface area contributed by atoms with Crippen LogP contribution in [0.4, 0.5) is 0 Å². The van der Waals surface area contributed by atoms with Crippen LogP contribution in [-0.4, -0.2) is 80.3 Å². The molecule has 1 aromatic heterocycles. The molecule has 0 radical (unpaired) electrons. The topological polar surface area (TPSA) is 251 Å². The first-order valence-corrected chi connectivity index (χ1v) is 11.5. The third-order valence-corrected chi connectivity index (χ3v) is 5.78. The highest BCUT2D eigenvalue weighted by Gasteiger charge is 2.51. The van der Waals surface area contributed by atoms with Gasteiger partial charge in [0, 0.05) is 23.8 Å². The number of hydrogen-bond donors (Lipinski definition) is 7. The largest absolute Gasteiger partial charge is 0.507 e. The summed E-state index contributed by atoms with van der Waals surface area (Å²) in [5.41, 5.74) is -0.768. The van der Waals surface area contributed by atoms with Crippen molar-refractivity contribution in [2.75, 3.05) is 0 Å². The van der Waals surface area contributed by atoms with Crippen molar-refractivity contribution in [1.29, 1.82) is 0 Å². The number of phenolic OH excluding ortho intramolecular Hbond substituents is 3. The first kappa shape index (κ1) is 26.1. The lowest BCUT2D eigenvalue weighted by Crippen LogP contribution is -2.62. The van der Waals surface area contributed by atoms with E-state index < -0.39 is 69.8 Å². The summed E-state index contributed by atoms with van der Waals surface area (Å²) in [4.78, 5) is 24.1. The highest BCUT2D eigenvalue weighted by molar-refractivity contribution is 7.80. The van der Waals surface area contributed by atoms with E-state index in [0.29, 0.717) is 0 Å². The van der Waals surface area contributed by atoms with Crippen molar-refractivity contribution >= 4 is 27.3 Å². The Hall–Kier alpha value is -3.93. The van der Waals surface area contributed by atoms with Gasteiger partial charge in [0.25, 0.3) is 0 Å². The van der Waals surface area contributed by atoms with Gasteiger partial charge in [0.2, 0.25) is 6.29 Å². The number of fused-ring (bicyclic) bond motifs is 1. The zero-order valence-electron chi connectivity index (χ0n) is 18.2. The van der Waals surface area contributed by atoms with Crippen molar-refractivity contribution < 1.29 is 66.5 Å². The number of aliphatic hydroxyl groups excluding tert-OH is 2. The van der Waals surface area contributed by atoms with Gasteiger partial charge >= 0.3 is 16.4 Å². The van der Waals surface area contributed by atoms with Gasteiger partial charge in [-0.15, -0.1) is 0 Å². The molecular weight excluding hydrogens is 524 g/mol. The maximum Gasteiger partial charge on any atom is 0.397 e. The highest BCUT2D eigenvalue weighted by atomic mass is 32.3. The molecule has 7 N–H and O–H groups in total. The fourth-order valence-corrected chi connectivity index (χ4v) is 4.14. The number of aliphatic hydroxyl groups is 2. The average molecular weight is 542 g/mol. The molecule has 2 heterocycles. The van der Waals surface area contributed by atoms with Gasteiger partial charge in [-0.2, -0.15) is 8.42 Å². The summed E-state index contributed by atoms with van der Waals surface area (Å²) in [6.07, 6.45) is -10.8. The van der Waals surface area contributed by atoms with E-state index in [9.17, 15) is 48.6 Å². The number of carboxylic acids is 1. The second kappa shape index (κ2) is 9.51. The lowest BCUT2D eigenvalue weighted by Gasteiger charge is -2.39. The Kier molecular flexibility index (Phi) is 6.72. The van der Waals surface area contributed by atoms with Gasteiger partial charge in [-0.3, -0.25) is 9.35 Å². The van der Waals surface area contributed by atoms with Gasteiger partial charge in [-0.05, 0) is 18.2 Å². The Morgan fingerprint density at radius 2 is 1.65 bits per heavy atom. The number of ether oxygens (including phenoxy) is 2. The zero-order valence-corrected chi connectivity index (χ0v) is 19.0. The Bertz CT molecular complexity index is 1530. The van der Waals surface area contributed by atoms with Gasteiger partial charge < -0.3 is 44.5 Å². The van der Waals surface area contributed by atoms with Crippen LogP contribution in [-0.2, 0) is 24.1 Å². The molecule has 5 unspecified atom stereocenters. The van der Waals surface area contributed by atoms with E-state index in [2.05, 4.69) is 4.18 Å². The molecule has 1 saturated heterocycles. The number of carbonyl (C=O) groups is 1. The maximum absolute atomic E-state index is 12.6. The monoisotopic (exact) mass is 542 g/mol. The summed E-state index contributed by atoms with van der Waals surface area (Å²) in [5.74, 6) is -3.81. The Labute approximate surface area is 205 Å². The lowest BCUT2D eigenvalue weighted by molar-refractivity contribution is -0.266. The molecule has 4 rings (SSSR count). The van der Waals surface area contributed by atoms with Gasteiger partial charge in [0.1, 0.15) is 46.5 Å². The number of benzene rings is 2. The molecule has 198 valence electrons. The lowest BCUT2D eigenvalue weighted by atomic mass is 9.99. The van der Waals surface area contributed by atoms with Crippen LogP contribution in [0.5, 0.6) is 23.0 Å². The molecule has 15 nitrogen and oxygen atoms in total. The summed E-state index contributed by atoms with van der Waals surface area (Å²) < 4.78 is 51.0. The number of phenols is 3. The first-order valence-electron chi connectivity index (χ1n) is 10.1. The first-order chi connectivity index (χ1) is 17.2. The molecule has 0 aliphatic carbocycles. The van der Waals surface area contributed by atoms with Crippen molar-refractivity contribution in [2.45, 2.75) is 30.7 Å². The molecule has 2 aromatic carbocycles. The van der Waals surface area contributed by atoms with Crippen molar-refractivity contribution in [3.8, 4) is 34.3 Å². The fraction of sp³-hybridized carbons (Fsp3) is 0.238. The second-order valence-electron chi connectivity index (χ2n) is 7.84. The Balaban J connectivity index is 1.69. The van der Waals surface area contributed by atoms with Crippen molar-refractivity contribution in [2.24, 2.45) is 0 Å². The predicted octanol–water partition coefficient (Wildman–Crippen LogP) is -0.325. The van der Waals surface area contributed by atoms with E-state index in [-0.39, 0.29) is 28.0 Å². The van der Waals surface area contributed by atoms with Crippen LogP contribution in [0.3, 0.4) is 0 Å². The van der Waals surface area contributed by atoms with Gasteiger partial charge in [0.05, 0.1) is 0 Å². The minimum Gasteiger partial charge on any atom is -0.507 e. The van der Waals surface area contributed by atoms with Crippen molar-refractivity contribution in [1.82, 2.24) is 0 Å². The Morgan fingerprint density at radius 1 is 0.946 bits per heavy atom. The molecule has 1 fully saturated rings. The standard InChI is InChI=1S/C21H18O15S/c22-9-2-1-7(3-10(9)23)13-6-12(25)15-11(24)4-8(5-14(15)34-13)33-21-17(27)16(26)18(36-37(30,31)32)19(35-21)20(28)29/h1-6,16-19,21-24,26-27H,(H,28,29)(H,30,31,32). The zero-order chi connectivity index (χ0) is 27.2. The number of hydrogen-bond acceptors (Lipinski definition) is 13. The van der Waals surface area contributed by atoms with Crippen LogP contribution in [0.1, 0.15) is 0 Å². The minimum absolute atomic E-state index is 0.0788. The summed E-state index contributed by atoms with van der Waals surface area (Å²) in [7, 11) is -5.25. The molecule has 5 atom stereocenters. The summed E-state index contributed by atoms with van der Waals surface area (Å²) in [5, 5.41) is 59.1. The summed E-state index contributed by atoms with van der Waals surface area (Å²) in [6.45, 7) is 0. The molecule has 3 aromatic rings. The van der Waals surface area contributed by atoms with E-state index in [1.54, 1.807) is 0 Å². The molecule has 1 aliphatic rings. The van der Waals surface area contributed by atoms with Crippen LogP contribution in [0, 0.1) is 0 Å². The van der Waals surface area contributed by atoms with Gasteiger partial charge in [-0.1, -0.05) is 0 Å². The second-order valence-corrected chi connectivity index (χ2v) is 8.89. The van der Waals surface area contributed by atoms with Crippen molar-refractivity contribution in [3.63, 3.8) is 0 Å². The van der Waals surface area contributed by atoms with Crippen LogP contribution in [0.2, 0.25) is 0 Å². The van der Waals surface area contributed by atoms with Crippen LogP contribution in [0.25, 0.3) is 22.3 Å². The molecule has 0 bridgehead atoms. The number of aliphatic carboxylic acids is 1. The number of carboxylic acid groups (broad SMARTS) is 1. The van der Waals surface area contributed by atoms with Gasteiger partial charge in [0.15, 0.2) is 23.0 Å². The van der Waals surface area contributed by atoms with E-state index in [4.69, 9.17) is 18.4 Å². The SMILES string of the molecule is O=C(O)C1OC(Oc2cc(O)c3c(=O)cc(-c4ccc(O)c(O)c4)oc3c2)C(O)C(O)C1OS(=O)(=O)O. The van der Waals surface area contributed by atoms with E-state index in [1.807, 2.05) is 0 Å². The maximum atomic E-state index is 12.6. The van der Waals surface area contributed by atoms with E-state index in [1.165, 1.54) is 6.07 Å². The van der Waals surface area contributed by atoms with Crippen LogP contribution < -0.4 is 10.2 Å². The minimum atomic E-state index is -5.25. The molecular formula is C21H18O15S. The normalized spacial score (nSPS) is 24.1. The van der Waals surface area contributed by atoms with E-state index in [0.717, 1.165) is 30.3 Å². The molecule has 0 spiro atoms. The molecule has 1 aliphatic heterocycles. The van der Waals surface area contributed by atoms with Crippen LogP contribution >= 0.6 is 0 Å². The van der Waals surface area contributed by atoms with E-state index >= 15 is 0 Å². The molecule has 16 heteroatoms. The number of rotatable bonds is 6. The van der Waals surface area contributed by atoms with Crippen LogP contribution in [0.15, 0.2) is 45.6 Å².